The summed E-state index contributed by atoms with van der Waals surface area (Å²) >= 11 is 0. The first-order valence-electron chi connectivity index (χ1n) is 6.92. The van der Waals surface area contributed by atoms with E-state index in [1.807, 2.05) is 6.07 Å². The number of hydrogen-bond donors (Lipinski definition) is 1. The zero-order valence-electron chi connectivity index (χ0n) is 11.1. The normalized spacial score (nSPS) is 15.6. The third-order valence-electron chi connectivity index (χ3n) is 4.06. The summed E-state index contributed by atoms with van der Waals surface area (Å²) < 4.78 is 2.13. The van der Waals surface area contributed by atoms with Gasteiger partial charge in [0.1, 0.15) is 5.82 Å². The zero-order valence-corrected chi connectivity index (χ0v) is 11.1. The van der Waals surface area contributed by atoms with E-state index in [0.717, 1.165) is 29.8 Å². The lowest BCUT2D eigenvalue weighted by atomic mass is 9.85. The van der Waals surface area contributed by atoms with Crippen molar-refractivity contribution in [1.29, 1.82) is 0 Å². The first-order valence-corrected chi connectivity index (χ1v) is 6.92. The predicted octanol–water partition coefficient (Wildman–Crippen LogP) is 3.10. The molecule has 0 bridgehead atoms. The summed E-state index contributed by atoms with van der Waals surface area (Å²) in [5.74, 6) is 0.808. The lowest BCUT2D eigenvalue weighted by molar-refractivity contribution is 0.0698. The number of rotatable bonds is 4. The molecule has 4 nitrogen and oxygen atoms in total. The predicted molar refractivity (Wildman–Crippen MR) is 73.4 cm³/mol. The van der Waals surface area contributed by atoms with Gasteiger partial charge in [-0.15, -0.1) is 0 Å². The third kappa shape index (κ3) is 2.01. The standard InChI is InChI=1S/C15H18N2O2/c1-2-13-16-12-8-4-7-11(15(18)19)14(12)17(13)9-10-5-3-6-10/h4,7-8,10H,2-3,5-6,9H2,1H3,(H,18,19). The molecule has 1 heterocycles. The molecule has 3 rings (SSSR count). The van der Waals surface area contributed by atoms with Crippen molar-refractivity contribution in [2.45, 2.75) is 39.2 Å². The molecule has 1 saturated carbocycles. The molecular weight excluding hydrogens is 240 g/mol. The number of aryl methyl sites for hydroxylation is 1. The molecular formula is C15H18N2O2. The van der Waals surface area contributed by atoms with Gasteiger partial charge in [0, 0.05) is 13.0 Å². The Balaban J connectivity index is 2.16. The van der Waals surface area contributed by atoms with Gasteiger partial charge in [-0.1, -0.05) is 19.4 Å². The van der Waals surface area contributed by atoms with Crippen LogP contribution in [-0.2, 0) is 13.0 Å². The van der Waals surface area contributed by atoms with Gasteiger partial charge in [0.25, 0.3) is 0 Å². The molecule has 0 atom stereocenters. The molecule has 2 aromatic rings. The zero-order chi connectivity index (χ0) is 13.4. The van der Waals surface area contributed by atoms with E-state index < -0.39 is 5.97 Å². The van der Waals surface area contributed by atoms with E-state index in [4.69, 9.17) is 0 Å². The van der Waals surface area contributed by atoms with Gasteiger partial charge in [-0.25, -0.2) is 9.78 Å². The second kappa shape index (κ2) is 4.68. The molecule has 0 amide bonds. The first-order chi connectivity index (χ1) is 9.20. The van der Waals surface area contributed by atoms with E-state index in [9.17, 15) is 9.90 Å². The van der Waals surface area contributed by atoms with Gasteiger partial charge in [-0.3, -0.25) is 0 Å². The first kappa shape index (κ1) is 12.2. The highest BCUT2D eigenvalue weighted by atomic mass is 16.4. The number of imidazole rings is 1. The molecule has 0 aliphatic heterocycles. The minimum absolute atomic E-state index is 0.365. The quantitative estimate of drug-likeness (QED) is 0.916. The van der Waals surface area contributed by atoms with E-state index in [0.29, 0.717) is 11.5 Å². The maximum atomic E-state index is 11.4. The number of aromatic carboxylic acids is 1. The molecule has 1 aliphatic rings. The molecule has 0 spiro atoms. The van der Waals surface area contributed by atoms with Crippen LogP contribution in [0, 0.1) is 5.92 Å². The summed E-state index contributed by atoms with van der Waals surface area (Å²) in [6.07, 6.45) is 4.63. The Morgan fingerprint density at radius 2 is 2.26 bits per heavy atom. The molecule has 1 N–H and O–H groups in total. The van der Waals surface area contributed by atoms with Crippen LogP contribution in [0.4, 0.5) is 0 Å². The van der Waals surface area contributed by atoms with Crippen LogP contribution in [0.5, 0.6) is 0 Å². The van der Waals surface area contributed by atoms with Crippen LogP contribution in [-0.4, -0.2) is 20.6 Å². The highest BCUT2D eigenvalue weighted by molar-refractivity contribution is 6.01. The Morgan fingerprint density at radius 3 is 2.84 bits per heavy atom. The van der Waals surface area contributed by atoms with Crippen molar-refractivity contribution in [3.63, 3.8) is 0 Å². The van der Waals surface area contributed by atoms with Crippen molar-refractivity contribution in [2.75, 3.05) is 0 Å². The smallest absolute Gasteiger partial charge is 0.337 e. The van der Waals surface area contributed by atoms with E-state index in [1.54, 1.807) is 12.1 Å². The number of carboxylic acid groups (broad SMARTS) is 1. The number of benzene rings is 1. The Bertz CT molecular complexity index is 626. The Hall–Kier alpha value is -1.84. The van der Waals surface area contributed by atoms with Crippen molar-refractivity contribution in [3.8, 4) is 0 Å². The maximum absolute atomic E-state index is 11.4. The fourth-order valence-electron chi connectivity index (χ4n) is 2.81. The molecule has 4 heteroatoms. The van der Waals surface area contributed by atoms with E-state index in [2.05, 4.69) is 16.5 Å². The van der Waals surface area contributed by atoms with Crippen LogP contribution in [0.15, 0.2) is 18.2 Å². The monoisotopic (exact) mass is 258 g/mol. The number of carboxylic acids is 1. The van der Waals surface area contributed by atoms with Gasteiger partial charge in [0.05, 0.1) is 16.6 Å². The number of aromatic nitrogens is 2. The summed E-state index contributed by atoms with van der Waals surface area (Å²) in [4.78, 5) is 16.0. The topological polar surface area (TPSA) is 55.1 Å². The fraction of sp³-hybridized carbons (Fsp3) is 0.467. The van der Waals surface area contributed by atoms with E-state index in [-0.39, 0.29) is 0 Å². The minimum atomic E-state index is -0.872. The largest absolute Gasteiger partial charge is 0.478 e. The van der Waals surface area contributed by atoms with Gasteiger partial charge in [-0.2, -0.15) is 0 Å². The minimum Gasteiger partial charge on any atom is -0.478 e. The Morgan fingerprint density at radius 1 is 1.47 bits per heavy atom. The van der Waals surface area contributed by atoms with Crippen molar-refractivity contribution in [3.05, 3.63) is 29.6 Å². The maximum Gasteiger partial charge on any atom is 0.337 e. The lowest BCUT2D eigenvalue weighted by Gasteiger charge is -2.26. The second-order valence-electron chi connectivity index (χ2n) is 5.27. The van der Waals surface area contributed by atoms with Crippen LogP contribution >= 0.6 is 0 Å². The van der Waals surface area contributed by atoms with Crippen molar-refractivity contribution in [1.82, 2.24) is 9.55 Å². The fourth-order valence-corrected chi connectivity index (χ4v) is 2.81. The molecule has 0 unspecified atom stereocenters. The highest BCUT2D eigenvalue weighted by Gasteiger charge is 2.22. The average Bonchev–Trinajstić information content (AvgIpc) is 2.71. The van der Waals surface area contributed by atoms with Crippen LogP contribution in [0.1, 0.15) is 42.4 Å². The lowest BCUT2D eigenvalue weighted by Crippen LogP contribution is -2.20. The Kier molecular flexibility index (Phi) is 3.01. The van der Waals surface area contributed by atoms with Crippen LogP contribution in [0.25, 0.3) is 11.0 Å². The Labute approximate surface area is 112 Å². The average molecular weight is 258 g/mol. The summed E-state index contributed by atoms with van der Waals surface area (Å²) in [6.45, 7) is 2.98. The van der Waals surface area contributed by atoms with Crippen molar-refractivity contribution < 1.29 is 9.90 Å². The number of carbonyl (C=O) groups is 1. The number of fused-ring (bicyclic) bond motifs is 1. The molecule has 0 saturated heterocycles. The molecule has 0 radical (unpaired) electrons. The van der Waals surface area contributed by atoms with Gasteiger partial charge < -0.3 is 9.67 Å². The number of para-hydroxylation sites is 1. The van der Waals surface area contributed by atoms with Crippen molar-refractivity contribution >= 4 is 17.0 Å². The van der Waals surface area contributed by atoms with E-state index in [1.165, 1.54) is 19.3 Å². The third-order valence-corrected chi connectivity index (χ3v) is 4.06. The van der Waals surface area contributed by atoms with Gasteiger partial charge in [0.2, 0.25) is 0 Å². The summed E-state index contributed by atoms with van der Waals surface area (Å²) in [5, 5.41) is 9.35. The molecule has 19 heavy (non-hydrogen) atoms. The molecule has 1 aliphatic carbocycles. The SMILES string of the molecule is CCc1nc2cccc(C(=O)O)c2n1CC1CCC1. The van der Waals surface area contributed by atoms with Crippen molar-refractivity contribution in [2.24, 2.45) is 5.92 Å². The molecule has 100 valence electrons. The van der Waals surface area contributed by atoms with Crippen LogP contribution in [0.3, 0.4) is 0 Å². The second-order valence-corrected chi connectivity index (χ2v) is 5.27. The van der Waals surface area contributed by atoms with Gasteiger partial charge in [0.15, 0.2) is 0 Å². The molecule has 1 aromatic heterocycles. The van der Waals surface area contributed by atoms with Crippen LogP contribution in [0.2, 0.25) is 0 Å². The number of hydrogen-bond acceptors (Lipinski definition) is 2. The molecule has 1 fully saturated rings. The van der Waals surface area contributed by atoms with Gasteiger partial charge in [-0.05, 0) is 30.9 Å². The number of nitrogens with zero attached hydrogens (tertiary/aromatic N) is 2. The van der Waals surface area contributed by atoms with Crippen LogP contribution < -0.4 is 0 Å². The summed E-state index contributed by atoms with van der Waals surface area (Å²) in [6, 6.07) is 5.34. The highest BCUT2D eigenvalue weighted by Crippen LogP contribution is 2.31. The summed E-state index contributed by atoms with van der Waals surface area (Å²) in [5.41, 5.74) is 1.96. The van der Waals surface area contributed by atoms with E-state index >= 15 is 0 Å². The molecule has 1 aromatic carbocycles. The summed E-state index contributed by atoms with van der Waals surface area (Å²) in [7, 11) is 0. The van der Waals surface area contributed by atoms with Gasteiger partial charge >= 0.3 is 5.97 Å².